The van der Waals surface area contributed by atoms with Crippen LogP contribution in [0.25, 0.3) is 0 Å². The van der Waals surface area contributed by atoms with Crippen molar-refractivity contribution in [1.29, 1.82) is 0 Å². The quantitative estimate of drug-likeness (QED) is 0.175. The SMILES string of the molecule is CCCS(=O)(=O)N(CCCCc1c[c-]ccc1)c1ccc(C(=O)Cc2ccccc2)cc1.[Y]. The van der Waals surface area contributed by atoms with Crippen LogP contribution in [0, 0.1) is 6.07 Å². The van der Waals surface area contributed by atoms with E-state index < -0.39 is 10.0 Å². The average molecular weight is 538 g/mol. The number of Topliss-reactive ketones (excluding diaryl/α,β-unsaturated/α-hetero) is 1. The fourth-order valence-electron chi connectivity index (χ4n) is 3.66. The Morgan fingerprint density at radius 1 is 0.909 bits per heavy atom. The second-order valence-electron chi connectivity index (χ2n) is 7.89. The molecule has 0 N–H and O–H groups in total. The van der Waals surface area contributed by atoms with Crippen LogP contribution in [0.1, 0.15) is 47.7 Å². The Hall–Kier alpha value is -1.82. The maximum Gasteiger partial charge on any atom is 0.235 e. The van der Waals surface area contributed by atoms with Gasteiger partial charge in [0.2, 0.25) is 10.0 Å². The zero-order chi connectivity index (χ0) is 22.8. The molecule has 33 heavy (non-hydrogen) atoms. The molecule has 0 heterocycles. The van der Waals surface area contributed by atoms with Gasteiger partial charge in [0.15, 0.2) is 5.78 Å². The van der Waals surface area contributed by atoms with E-state index in [2.05, 4.69) is 12.1 Å². The summed E-state index contributed by atoms with van der Waals surface area (Å²) < 4.78 is 27.3. The largest absolute Gasteiger partial charge is 0.294 e. The average Bonchev–Trinajstić information content (AvgIpc) is 2.80. The topological polar surface area (TPSA) is 54.5 Å². The number of anilines is 1. The molecule has 0 unspecified atom stereocenters. The summed E-state index contributed by atoms with van der Waals surface area (Å²) in [5, 5.41) is 0. The van der Waals surface area contributed by atoms with Gasteiger partial charge in [0.25, 0.3) is 0 Å². The number of carbonyl (C=O) groups is 1. The summed E-state index contributed by atoms with van der Waals surface area (Å²) in [6.07, 6.45) is 3.43. The first-order chi connectivity index (χ1) is 15.5. The van der Waals surface area contributed by atoms with Gasteiger partial charge in [-0.05, 0) is 42.7 Å². The molecule has 6 heteroatoms. The molecule has 0 fully saturated rings. The molecule has 3 aromatic rings. The van der Waals surface area contributed by atoms with E-state index in [1.807, 2.05) is 55.5 Å². The molecule has 0 saturated carbocycles. The fraction of sp³-hybridized carbons (Fsp3) is 0.296. The van der Waals surface area contributed by atoms with E-state index in [1.54, 1.807) is 24.3 Å². The first-order valence-electron chi connectivity index (χ1n) is 11.1. The van der Waals surface area contributed by atoms with Crippen molar-refractivity contribution in [3.05, 3.63) is 102 Å². The summed E-state index contributed by atoms with van der Waals surface area (Å²) in [7, 11) is -3.41. The van der Waals surface area contributed by atoms with Crippen LogP contribution >= 0.6 is 0 Å². The van der Waals surface area contributed by atoms with Crippen molar-refractivity contribution in [2.24, 2.45) is 0 Å². The third kappa shape index (κ3) is 8.48. The maximum atomic E-state index is 12.9. The number of benzene rings is 3. The Labute approximate surface area is 223 Å². The molecule has 3 rings (SSSR count). The van der Waals surface area contributed by atoms with Crippen LogP contribution in [0.2, 0.25) is 0 Å². The van der Waals surface area contributed by atoms with Gasteiger partial charge in [0.1, 0.15) is 0 Å². The first-order valence-corrected chi connectivity index (χ1v) is 12.7. The van der Waals surface area contributed by atoms with Crippen molar-refractivity contribution in [3.8, 4) is 0 Å². The minimum atomic E-state index is -3.41. The Bertz CT molecular complexity index is 1090. The Balaban J connectivity index is 0.00000385. The van der Waals surface area contributed by atoms with Crippen LogP contribution in [-0.4, -0.2) is 26.5 Å². The summed E-state index contributed by atoms with van der Waals surface area (Å²) in [5.41, 5.74) is 3.37. The normalized spacial score (nSPS) is 10.9. The molecule has 0 aromatic heterocycles. The summed E-state index contributed by atoms with van der Waals surface area (Å²) >= 11 is 0. The molecule has 0 amide bonds. The molecular formula is C27H30NO3SY-. The number of ketones is 1. The van der Waals surface area contributed by atoms with E-state index in [0.29, 0.717) is 30.6 Å². The van der Waals surface area contributed by atoms with Crippen molar-refractivity contribution >= 4 is 21.5 Å². The molecule has 171 valence electrons. The number of nitrogens with zero attached hydrogens (tertiary/aromatic N) is 1. The van der Waals surface area contributed by atoms with Crippen LogP contribution in [0.4, 0.5) is 5.69 Å². The Morgan fingerprint density at radius 3 is 2.24 bits per heavy atom. The number of sulfonamides is 1. The second-order valence-corrected chi connectivity index (χ2v) is 9.90. The summed E-state index contributed by atoms with van der Waals surface area (Å²) in [6, 6.07) is 27.5. The van der Waals surface area contributed by atoms with E-state index in [1.165, 1.54) is 9.87 Å². The smallest absolute Gasteiger partial charge is 0.235 e. The van der Waals surface area contributed by atoms with Gasteiger partial charge in [-0.25, -0.2) is 8.42 Å². The van der Waals surface area contributed by atoms with Gasteiger partial charge < -0.3 is 0 Å². The van der Waals surface area contributed by atoms with Crippen molar-refractivity contribution in [1.82, 2.24) is 0 Å². The molecule has 0 spiro atoms. The number of hydrogen-bond acceptors (Lipinski definition) is 3. The summed E-state index contributed by atoms with van der Waals surface area (Å²) in [5.74, 6) is 0.125. The predicted octanol–water partition coefficient (Wildman–Crippen LogP) is 5.48. The number of carbonyl (C=O) groups excluding carboxylic acids is 1. The molecule has 1 radical (unpaired) electrons. The molecule has 0 aliphatic carbocycles. The molecule has 0 atom stereocenters. The zero-order valence-electron chi connectivity index (χ0n) is 19.1. The molecule has 3 aromatic carbocycles. The maximum absolute atomic E-state index is 12.9. The number of rotatable bonds is 12. The van der Waals surface area contributed by atoms with Crippen LogP contribution in [0.3, 0.4) is 0 Å². The van der Waals surface area contributed by atoms with Gasteiger partial charge in [-0.3, -0.25) is 9.10 Å². The van der Waals surface area contributed by atoms with E-state index in [0.717, 1.165) is 24.8 Å². The zero-order valence-corrected chi connectivity index (χ0v) is 22.8. The number of aryl methyl sites for hydroxylation is 1. The molecule has 0 bridgehead atoms. The predicted molar refractivity (Wildman–Crippen MR) is 131 cm³/mol. The van der Waals surface area contributed by atoms with Crippen LogP contribution < -0.4 is 4.31 Å². The third-order valence-corrected chi connectivity index (χ3v) is 7.32. The van der Waals surface area contributed by atoms with E-state index in [4.69, 9.17) is 0 Å². The minimum Gasteiger partial charge on any atom is -0.294 e. The Morgan fingerprint density at radius 2 is 1.61 bits per heavy atom. The Kier molecular flexibility index (Phi) is 11.5. The minimum absolute atomic E-state index is 0. The van der Waals surface area contributed by atoms with Crippen molar-refractivity contribution in [3.63, 3.8) is 0 Å². The molecule has 4 nitrogen and oxygen atoms in total. The monoisotopic (exact) mass is 537 g/mol. The van der Waals surface area contributed by atoms with Gasteiger partial charge in [-0.1, -0.05) is 50.1 Å². The standard InChI is InChI=1S/C27H30NO3S.Y/c1-2-21-32(30,31)28(20-10-9-13-23-11-5-3-6-12-23)26-18-16-25(17-19-26)27(29)22-24-14-7-4-8-15-24;/h3-5,7-8,11-12,14-19H,2,9-10,13,20-22H2,1H3;/q-1;. The van der Waals surface area contributed by atoms with Crippen molar-refractivity contribution < 1.29 is 45.9 Å². The number of unbranched alkanes of at least 4 members (excludes halogenated alkanes) is 1. The van der Waals surface area contributed by atoms with Gasteiger partial charge in [0.05, 0.1) is 11.4 Å². The second kappa shape index (κ2) is 13.8. The van der Waals surface area contributed by atoms with Gasteiger partial charge in [-0.15, -0.1) is 0 Å². The first kappa shape index (κ1) is 27.4. The van der Waals surface area contributed by atoms with Gasteiger partial charge >= 0.3 is 0 Å². The molecule has 0 aliphatic rings. The summed E-state index contributed by atoms with van der Waals surface area (Å²) in [4.78, 5) is 12.6. The van der Waals surface area contributed by atoms with Crippen LogP contribution in [-0.2, 0) is 55.6 Å². The van der Waals surface area contributed by atoms with Crippen LogP contribution in [0.15, 0.2) is 78.9 Å². The van der Waals surface area contributed by atoms with E-state index >= 15 is 0 Å². The van der Waals surface area contributed by atoms with Gasteiger partial charge in [-0.2, -0.15) is 35.9 Å². The molecular weight excluding hydrogens is 507 g/mol. The van der Waals surface area contributed by atoms with Gasteiger partial charge in [0, 0.05) is 51.2 Å². The molecule has 0 aliphatic heterocycles. The third-order valence-electron chi connectivity index (χ3n) is 5.33. The fourth-order valence-corrected chi connectivity index (χ4v) is 5.25. The molecule has 0 saturated heterocycles. The van der Waals surface area contributed by atoms with Crippen LogP contribution in [0.5, 0.6) is 0 Å². The van der Waals surface area contributed by atoms with E-state index in [-0.39, 0.29) is 44.2 Å². The summed E-state index contributed by atoms with van der Waals surface area (Å²) in [6.45, 7) is 2.29. The number of hydrogen-bond donors (Lipinski definition) is 0. The van der Waals surface area contributed by atoms with Crippen molar-refractivity contribution in [2.75, 3.05) is 16.6 Å². The van der Waals surface area contributed by atoms with Crippen molar-refractivity contribution in [2.45, 2.75) is 39.0 Å². The van der Waals surface area contributed by atoms with E-state index in [9.17, 15) is 13.2 Å².